The van der Waals surface area contributed by atoms with Crippen molar-refractivity contribution in [3.05, 3.63) is 77.1 Å². The second-order valence-corrected chi connectivity index (χ2v) is 6.81. The zero-order valence-corrected chi connectivity index (χ0v) is 14.6. The smallest absolute Gasteiger partial charge is 0.231 e. The Morgan fingerprint density at radius 3 is 2.62 bits per heavy atom. The fourth-order valence-corrected chi connectivity index (χ4v) is 3.59. The number of phenolic OH excluding ortho intramolecular Hbond substituents is 1. The minimum absolute atomic E-state index is 0.129. The molecule has 1 fully saturated rings. The molecule has 2 aliphatic rings. The van der Waals surface area contributed by atoms with Gasteiger partial charge in [-0.25, -0.2) is 0 Å². The van der Waals surface area contributed by atoms with Crippen LogP contribution < -0.4 is 9.64 Å². The number of quaternary nitrogens is 1. The first kappa shape index (κ1) is 16.6. The van der Waals surface area contributed by atoms with Gasteiger partial charge in [-0.05, 0) is 23.8 Å². The van der Waals surface area contributed by atoms with E-state index in [1.165, 1.54) is 17.7 Å². The molecule has 2 N–H and O–H groups in total. The van der Waals surface area contributed by atoms with E-state index in [1.54, 1.807) is 18.2 Å². The molecule has 0 saturated carbocycles. The first-order valence-corrected chi connectivity index (χ1v) is 9.07. The molecule has 0 bridgehead atoms. The van der Waals surface area contributed by atoms with Crippen LogP contribution in [0.2, 0.25) is 0 Å². The lowest BCUT2D eigenvalue weighted by Gasteiger charge is -2.15. The number of aromatic hydroxyl groups is 1. The summed E-state index contributed by atoms with van der Waals surface area (Å²) in [4.78, 5) is 14.0. The van der Waals surface area contributed by atoms with Crippen molar-refractivity contribution in [2.45, 2.75) is 19.4 Å². The Morgan fingerprint density at radius 1 is 1.08 bits per heavy atom. The Morgan fingerprint density at radius 2 is 1.85 bits per heavy atom. The van der Waals surface area contributed by atoms with Crippen LogP contribution >= 0.6 is 0 Å². The summed E-state index contributed by atoms with van der Waals surface area (Å²) in [6.45, 7) is 2.88. The van der Waals surface area contributed by atoms with E-state index in [4.69, 9.17) is 4.74 Å². The maximum atomic E-state index is 12.6. The van der Waals surface area contributed by atoms with E-state index in [2.05, 4.69) is 0 Å². The molecule has 132 valence electrons. The lowest BCUT2D eigenvalue weighted by atomic mass is 10.0. The quantitative estimate of drug-likeness (QED) is 0.836. The maximum Gasteiger partial charge on any atom is 0.231 e. The molecule has 0 spiro atoms. The number of phenols is 1. The Labute approximate surface area is 153 Å². The van der Waals surface area contributed by atoms with Crippen molar-refractivity contribution in [3.63, 3.8) is 0 Å². The number of ketones is 1. The zero-order valence-electron chi connectivity index (χ0n) is 14.6. The highest BCUT2D eigenvalue weighted by Gasteiger charge is 2.32. The zero-order chi connectivity index (χ0) is 17.9. The summed E-state index contributed by atoms with van der Waals surface area (Å²) in [6, 6.07) is 13.1. The van der Waals surface area contributed by atoms with Gasteiger partial charge in [-0.3, -0.25) is 4.79 Å². The minimum Gasteiger partial charge on any atom is -0.507 e. The Kier molecular flexibility index (Phi) is 4.59. The molecule has 2 heterocycles. The highest BCUT2D eigenvalue weighted by atomic mass is 16.5. The first-order chi connectivity index (χ1) is 12.7. The van der Waals surface area contributed by atoms with Crippen molar-refractivity contribution in [1.82, 2.24) is 0 Å². The van der Waals surface area contributed by atoms with Crippen molar-refractivity contribution in [1.29, 1.82) is 0 Å². The Balaban J connectivity index is 1.58. The summed E-state index contributed by atoms with van der Waals surface area (Å²) in [5.41, 5.74) is 2.34. The predicted octanol–water partition coefficient (Wildman–Crippen LogP) is 2.74. The minimum atomic E-state index is -0.129. The standard InChI is InChI=1S/C22H21NO3/c24-19-12-11-17-21(25)20(10-6-9-16-7-2-1-3-8-16)26-22(17)18(19)15-23-13-4-5-14-23/h1-3,6-12,24H,4-5,13-15H2/p+1. The molecule has 0 aliphatic carbocycles. The number of carbonyl (C=O) groups is 1. The molecule has 0 unspecified atom stereocenters. The number of fused-ring (bicyclic) bond motifs is 1. The number of allylic oxidation sites excluding steroid dienone is 3. The molecule has 0 aromatic heterocycles. The lowest BCUT2D eigenvalue weighted by molar-refractivity contribution is -0.901. The van der Waals surface area contributed by atoms with E-state index in [0.29, 0.717) is 23.6 Å². The number of ether oxygens (including phenoxy) is 1. The highest BCUT2D eigenvalue weighted by molar-refractivity contribution is 6.12. The second kappa shape index (κ2) is 7.18. The van der Waals surface area contributed by atoms with E-state index in [0.717, 1.165) is 24.2 Å². The van der Waals surface area contributed by atoms with Gasteiger partial charge in [-0.2, -0.15) is 0 Å². The van der Waals surface area contributed by atoms with Crippen LogP contribution in [0.25, 0.3) is 6.08 Å². The van der Waals surface area contributed by atoms with Gasteiger partial charge in [0, 0.05) is 12.8 Å². The van der Waals surface area contributed by atoms with Gasteiger partial charge in [0.1, 0.15) is 12.3 Å². The summed E-state index contributed by atoms with van der Waals surface area (Å²) < 4.78 is 5.87. The van der Waals surface area contributed by atoms with Gasteiger partial charge in [0.25, 0.3) is 0 Å². The van der Waals surface area contributed by atoms with E-state index >= 15 is 0 Å². The van der Waals surface area contributed by atoms with Gasteiger partial charge in [0.15, 0.2) is 11.5 Å². The molecular formula is C22H22NO3+. The van der Waals surface area contributed by atoms with Crippen LogP contribution in [-0.2, 0) is 6.54 Å². The van der Waals surface area contributed by atoms with Gasteiger partial charge in [-0.15, -0.1) is 0 Å². The molecule has 2 aromatic rings. The number of nitrogens with one attached hydrogen (secondary N) is 1. The summed E-state index contributed by atoms with van der Waals surface area (Å²) >= 11 is 0. The predicted molar refractivity (Wildman–Crippen MR) is 100 cm³/mol. The third-order valence-corrected chi connectivity index (χ3v) is 4.99. The average molecular weight is 348 g/mol. The second-order valence-electron chi connectivity index (χ2n) is 6.81. The number of rotatable bonds is 4. The molecule has 26 heavy (non-hydrogen) atoms. The van der Waals surface area contributed by atoms with Gasteiger partial charge in [0.2, 0.25) is 5.78 Å². The normalized spacial score (nSPS) is 18.6. The molecule has 4 nitrogen and oxygen atoms in total. The van der Waals surface area contributed by atoms with Crippen molar-refractivity contribution >= 4 is 11.9 Å². The number of Topliss-reactive ketones (excluding diaryl/α,β-unsaturated/α-hetero) is 1. The number of benzene rings is 2. The summed E-state index contributed by atoms with van der Waals surface area (Å²) in [5, 5.41) is 10.3. The Bertz CT molecular complexity index is 878. The summed E-state index contributed by atoms with van der Waals surface area (Å²) in [5.74, 6) is 0.900. The van der Waals surface area contributed by atoms with Gasteiger partial charge in [-0.1, -0.05) is 42.5 Å². The van der Waals surface area contributed by atoms with Gasteiger partial charge in [0.05, 0.1) is 24.2 Å². The van der Waals surface area contributed by atoms with Crippen LogP contribution in [-0.4, -0.2) is 24.0 Å². The van der Waals surface area contributed by atoms with Crippen LogP contribution in [0.15, 0.2) is 60.4 Å². The van der Waals surface area contributed by atoms with Crippen LogP contribution in [0.4, 0.5) is 0 Å². The molecule has 2 aromatic carbocycles. The van der Waals surface area contributed by atoms with Gasteiger partial charge >= 0.3 is 0 Å². The average Bonchev–Trinajstić information content (AvgIpc) is 3.27. The van der Waals surface area contributed by atoms with Crippen molar-refractivity contribution in [2.75, 3.05) is 13.1 Å². The number of likely N-dealkylation sites (tertiary alicyclic amines) is 1. The molecule has 4 rings (SSSR count). The molecule has 0 amide bonds. The largest absolute Gasteiger partial charge is 0.507 e. The monoisotopic (exact) mass is 348 g/mol. The molecule has 4 heteroatoms. The molecule has 2 aliphatic heterocycles. The van der Waals surface area contributed by atoms with Gasteiger partial charge < -0.3 is 14.7 Å². The third kappa shape index (κ3) is 3.28. The third-order valence-electron chi connectivity index (χ3n) is 4.99. The topological polar surface area (TPSA) is 51.0 Å². The van der Waals surface area contributed by atoms with E-state index in [-0.39, 0.29) is 11.5 Å². The summed E-state index contributed by atoms with van der Waals surface area (Å²) in [7, 11) is 0. The van der Waals surface area contributed by atoms with E-state index in [1.807, 2.05) is 42.5 Å². The van der Waals surface area contributed by atoms with Crippen LogP contribution in [0.3, 0.4) is 0 Å². The maximum absolute atomic E-state index is 12.6. The fraction of sp³-hybridized carbons (Fsp3) is 0.227. The van der Waals surface area contributed by atoms with Crippen molar-refractivity contribution < 1.29 is 19.5 Å². The van der Waals surface area contributed by atoms with E-state index in [9.17, 15) is 9.90 Å². The Hall–Kier alpha value is -2.85. The summed E-state index contributed by atoms with van der Waals surface area (Å²) in [6.07, 6.45) is 7.86. The molecule has 0 atom stereocenters. The fourth-order valence-electron chi connectivity index (χ4n) is 3.59. The van der Waals surface area contributed by atoms with Crippen LogP contribution in [0.5, 0.6) is 11.5 Å². The highest BCUT2D eigenvalue weighted by Crippen LogP contribution is 2.38. The lowest BCUT2D eigenvalue weighted by Crippen LogP contribution is -3.08. The number of hydrogen-bond donors (Lipinski definition) is 2. The first-order valence-electron chi connectivity index (χ1n) is 9.07. The number of carbonyl (C=O) groups excluding carboxylic acids is 1. The van der Waals surface area contributed by atoms with E-state index < -0.39 is 0 Å². The molecule has 1 saturated heterocycles. The molecule has 0 radical (unpaired) electrons. The van der Waals surface area contributed by atoms with Crippen molar-refractivity contribution in [3.8, 4) is 11.5 Å². The number of hydrogen-bond acceptors (Lipinski definition) is 3. The van der Waals surface area contributed by atoms with Crippen LogP contribution in [0.1, 0.15) is 34.3 Å². The molecular weight excluding hydrogens is 326 g/mol. The van der Waals surface area contributed by atoms with Crippen LogP contribution in [0, 0.1) is 0 Å². The SMILES string of the molecule is O=C1C(=CC=Cc2ccccc2)Oc2c1ccc(O)c2C[NH+]1CCCC1. The van der Waals surface area contributed by atoms with Crippen molar-refractivity contribution in [2.24, 2.45) is 0 Å².